The first-order chi connectivity index (χ1) is 55.5. The predicted octanol–water partition coefficient (Wildman–Crippen LogP) is -2.52. The zero-order chi connectivity index (χ0) is 79.1. The summed E-state index contributed by atoms with van der Waals surface area (Å²) in [5.41, 5.74) is 4.17. The molecule has 0 saturated carbocycles. The molecule has 654 valence electrons. The van der Waals surface area contributed by atoms with Crippen LogP contribution in [0.4, 0.5) is 0 Å². The van der Waals surface area contributed by atoms with Gasteiger partial charge in [-0.25, -0.2) is 0 Å². The van der Waals surface area contributed by atoms with E-state index < -0.39 is 0 Å². The molecule has 36 nitrogen and oxygen atoms in total. The highest BCUT2D eigenvalue weighted by molar-refractivity contribution is 5.67. The van der Waals surface area contributed by atoms with Crippen LogP contribution < -0.4 is 86.6 Å². The van der Waals surface area contributed by atoms with Gasteiger partial charge in [-0.1, -0.05) is 18.2 Å². The Morgan fingerprint density at radius 1 is 0.228 bits per heavy atom. The van der Waals surface area contributed by atoms with Crippen LogP contribution in [-0.4, -0.2) is 380 Å². The summed E-state index contributed by atoms with van der Waals surface area (Å²) in [5.74, 6) is 2.17. The number of benzene rings is 3. The molecule has 0 aliphatic rings. The quantitative estimate of drug-likeness (QED) is 0.0286. The smallest absolute Gasteiger partial charge is 0.203 e. The van der Waals surface area contributed by atoms with Crippen molar-refractivity contribution < 1.29 is 200 Å². The third-order valence-electron chi connectivity index (χ3n) is 15.0. The van der Waals surface area contributed by atoms with Gasteiger partial charge in [0, 0.05) is 78.1 Å². The minimum absolute atomic E-state index is 0. The molecule has 0 unspecified atom stereocenters. The number of aromatic amines is 2. The molecule has 2 N–H and O–H groups in total. The predicted molar refractivity (Wildman–Crippen MR) is 404 cm³/mol. The number of aromatic nitrogens is 6. The molecular formula is C76H126I2N6O30. The number of halogens is 2. The standard InChI is InChI=1S/C76H124N6O30.2HI/c1-83-10-16-89-22-28-95-34-40-101-46-52-107-71-59-67(60-72(108-53-47-102-41-35-96-29-23-90-17-11-84-2)75(71)111-56-50-105-44-38-99-32-26-93-20-14-87-5)81-63-69(77-79-81)65-8-7-9-66(58-65)70-64-82(80-78-70)68-61-73(109-54-48-103-42-36-97-30-24-91-18-12-85-3)76(112-57-51-106-45-39-100-33-27-94-21-15-88-6)74(62-68)110-55-49-104-43-37-98-31-25-92-19-13-86-4;;/h7-9,58-64H,10-57H2,1-6H3;2*1H. The Morgan fingerprint density at radius 2 is 0.404 bits per heavy atom. The highest BCUT2D eigenvalue weighted by atomic mass is 127. The summed E-state index contributed by atoms with van der Waals surface area (Å²) in [4.78, 5) is 0. The summed E-state index contributed by atoms with van der Waals surface area (Å²) >= 11 is 0. The van der Waals surface area contributed by atoms with Gasteiger partial charge in [-0.3, -0.25) is 0 Å². The van der Waals surface area contributed by atoms with Crippen molar-refractivity contribution in [3.05, 3.63) is 60.9 Å². The molecule has 0 atom stereocenters. The zero-order valence-corrected chi connectivity index (χ0v) is 71.8. The van der Waals surface area contributed by atoms with Crippen LogP contribution in [0.15, 0.2) is 60.9 Å². The second-order valence-corrected chi connectivity index (χ2v) is 23.4. The second kappa shape index (κ2) is 74.5. The minimum atomic E-state index is 0. The van der Waals surface area contributed by atoms with Gasteiger partial charge in [0.05, 0.1) is 288 Å². The maximum absolute atomic E-state index is 6.48. The summed E-state index contributed by atoms with van der Waals surface area (Å²) in [6, 6.07) is 15.2. The molecule has 0 aliphatic heterocycles. The fraction of sp³-hybridized carbons (Fsp3) is 0.711. The molecule has 0 radical (unpaired) electrons. The average molecular weight is 1860 g/mol. The maximum atomic E-state index is 6.48. The molecule has 2 heterocycles. The van der Waals surface area contributed by atoms with Crippen LogP contribution in [0.5, 0.6) is 34.5 Å². The molecule has 0 saturated heterocycles. The number of hydrogen-bond donors (Lipinski definition) is 0. The van der Waals surface area contributed by atoms with Crippen LogP contribution in [-0.2, 0) is 114 Å². The summed E-state index contributed by atoms with van der Waals surface area (Å²) in [6.45, 7) is 18.0. The second-order valence-electron chi connectivity index (χ2n) is 23.4. The average Bonchev–Trinajstić information content (AvgIpc) is 1.59. The Balaban J connectivity index is 0.0000168. The largest absolute Gasteiger partial charge is 1.00 e. The van der Waals surface area contributed by atoms with Gasteiger partial charge in [0.25, 0.3) is 0 Å². The molecule has 0 aliphatic carbocycles. The Morgan fingerprint density at radius 3 is 0.596 bits per heavy atom. The number of H-pyrrole nitrogens is 2. The van der Waals surface area contributed by atoms with Crippen molar-refractivity contribution in [1.29, 1.82) is 0 Å². The summed E-state index contributed by atoms with van der Waals surface area (Å²) in [7, 11) is 9.78. The maximum Gasteiger partial charge on any atom is 0.203 e. The Labute approximate surface area is 705 Å². The van der Waals surface area contributed by atoms with E-state index in [-0.39, 0.29) is 127 Å². The van der Waals surface area contributed by atoms with E-state index in [1.54, 1.807) is 52.0 Å². The van der Waals surface area contributed by atoms with E-state index in [1.165, 1.54) is 0 Å². The lowest BCUT2D eigenvalue weighted by molar-refractivity contribution is -0.445. The first-order valence-electron chi connectivity index (χ1n) is 38.0. The molecule has 2 aromatic heterocycles. The van der Waals surface area contributed by atoms with E-state index in [1.807, 2.05) is 60.9 Å². The zero-order valence-electron chi connectivity index (χ0n) is 67.5. The van der Waals surface area contributed by atoms with Gasteiger partial charge in [0.2, 0.25) is 11.5 Å². The summed E-state index contributed by atoms with van der Waals surface area (Å²) < 4.78 is 175. The highest BCUT2D eigenvalue weighted by Gasteiger charge is 2.25. The van der Waals surface area contributed by atoms with Crippen molar-refractivity contribution in [2.75, 3.05) is 360 Å². The lowest BCUT2D eigenvalue weighted by Gasteiger charge is -2.18. The number of nitrogens with zero attached hydrogens (tertiary/aromatic N) is 4. The molecular weight excluding hydrogens is 1730 g/mol. The van der Waals surface area contributed by atoms with Crippen LogP contribution in [0.1, 0.15) is 0 Å². The van der Waals surface area contributed by atoms with Crippen LogP contribution >= 0.6 is 0 Å². The van der Waals surface area contributed by atoms with Crippen molar-refractivity contribution in [2.45, 2.75) is 0 Å². The van der Waals surface area contributed by atoms with Crippen molar-refractivity contribution in [1.82, 2.24) is 19.8 Å². The van der Waals surface area contributed by atoms with Gasteiger partial charge in [0.15, 0.2) is 58.2 Å². The number of methoxy groups -OCH3 is 6. The third kappa shape index (κ3) is 50.2. The van der Waals surface area contributed by atoms with Crippen molar-refractivity contribution in [3.63, 3.8) is 0 Å². The Hall–Kier alpha value is -4.76. The lowest BCUT2D eigenvalue weighted by Crippen LogP contribution is -3.00. The van der Waals surface area contributed by atoms with Crippen molar-refractivity contribution in [2.24, 2.45) is 0 Å². The normalized spacial score (nSPS) is 11.4. The molecule has 0 amide bonds. The van der Waals surface area contributed by atoms with Crippen LogP contribution in [0, 0.1) is 0 Å². The fourth-order valence-electron chi connectivity index (χ4n) is 9.43. The molecule has 0 spiro atoms. The molecule has 0 bridgehead atoms. The molecule has 38 heteroatoms. The molecule has 3 aromatic carbocycles. The lowest BCUT2D eigenvalue weighted by atomic mass is 10.1. The molecule has 0 fully saturated rings. The Bertz CT molecular complexity index is 2710. The van der Waals surface area contributed by atoms with Gasteiger partial charge < -0.3 is 190 Å². The SMILES string of the molecule is COCCOCCOCCOCCOc1cc(-n2cc(-c3cccc(-c4cn(-c5cc(OCCOCCOCCOCCOC)c(OCCOCCOCCOCCOC)c(OCCOCCOCCOCCOC)c5)n[nH+]4)c3)[nH+]n2)cc(OCCOCCOCCOCCOC)c1OCCOCCOCCOCCOC.[I-].[I-]. The third-order valence-corrected chi connectivity index (χ3v) is 15.0. The first kappa shape index (κ1) is 103. The Kier molecular flexibility index (Phi) is 67.6. The molecule has 5 aromatic rings. The molecule has 114 heavy (non-hydrogen) atoms. The van der Waals surface area contributed by atoms with Gasteiger partial charge in [0.1, 0.15) is 39.6 Å². The van der Waals surface area contributed by atoms with E-state index in [4.69, 9.17) is 153 Å². The topological polar surface area (TPSA) is 341 Å². The number of hydrogen-bond acceptors (Lipinski definition) is 32. The monoisotopic (exact) mass is 1860 g/mol. The van der Waals surface area contributed by atoms with Gasteiger partial charge in [-0.05, 0) is 6.07 Å². The van der Waals surface area contributed by atoms with E-state index in [2.05, 4.69) is 10.2 Å². The van der Waals surface area contributed by atoms with E-state index in [9.17, 15) is 0 Å². The molecule has 5 rings (SSSR count). The van der Waals surface area contributed by atoms with Crippen molar-refractivity contribution >= 4 is 0 Å². The fourth-order valence-corrected chi connectivity index (χ4v) is 9.43. The number of rotatable bonds is 82. The van der Waals surface area contributed by atoms with E-state index >= 15 is 0 Å². The number of nitrogens with one attached hydrogen (secondary N) is 2. The van der Waals surface area contributed by atoms with Crippen LogP contribution in [0.2, 0.25) is 0 Å². The highest BCUT2D eigenvalue weighted by Crippen LogP contribution is 2.42. The van der Waals surface area contributed by atoms with Crippen LogP contribution in [0.25, 0.3) is 33.9 Å². The summed E-state index contributed by atoms with van der Waals surface area (Å²) in [5, 5.41) is 15.9. The number of ether oxygens (including phenoxy) is 30. The van der Waals surface area contributed by atoms with Gasteiger partial charge in [-0.15, -0.1) is 19.6 Å². The van der Waals surface area contributed by atoms with Gasteiger partial charge >= 0.3 is 0 Å². The van der Waals surface area contributed by atoms with Crippen molar-refractivity contribution in [3.8, 4) is 68.4 Å². The van der Waals surface area contributed by atoms with E-state index in [0.29, 0.717) is 295 Å². The minimum Gasteiger partial charge on any atom is -1.00 e. The summed E-state index contributed by atoms with van der Waals surface area (Å²) in [6.07, 6.45) is 3.74. The first-order valence-corrected chi connectivity index (χ1v) is 38.0. The van der Waals surface area contributed by atoms with Crippen LogP contribution in [0.3, 0.4) is 0 Å². The van der Waals surface area contributed by atoms with E-state index in [0.717, 1.165) is 11.1 Å². The van der Waals surface area contributed by atoms with Gasteiger partial charge in [-0.2, -0.15) is 0 Å².